The molecule has 1 aliphatic heterocycles. The molecule has 1 heterocycles. The number of amides is 1. The third-order valence-electron chi connectivity index (χ3n) is 6.78. The van der Waals surface area contributed by atoms with Gasteiger partial charge in [0.2, 0.25) is 0 Å². The molecule has 3 aromatic rings. The van der Waals surface area contributed by atoms with Crippen LogP contribution in [0.5, 0.6) is 17.2 Å². The number of methoxy groups -OCH3 is 1. The van der Waals surface area contributed by atoms with Gasteiger partial charge in [-0.3, -0.25) is 9.59 Å². The number of benzene rings is 3. The lowest BCUT2D eigenvalue weighted by Gasteiger charge is -2.27. The van der Waals surface area contributed by atoms with Crippen LogP contribution in [-0.2, 0) is 16.2 Å². The van der Waals surface area contributed by atoms with Gasteiger partial charge >= 0.3 is 0 Å². The lowest BCUT2D eigenvalue weighted by atomic mass is 9.95. The Hall–Kier alpha value is -4.30. The average Bonchev–Trinajstić information content (AvgIpc) is 3.23. The van der Waals surface area contributed by atoms with E-state index in [0.717, 1.165) is 5.56 Å². The van der Waals surface area contributed by atoms with E-state index in [-0.39, 0.29) is 11.3 Å². The molecule has 8 nitrogen and oxygen atoms in total. The number of hydrogen-bond acceptors (Lipinski definition) is 7. The van der Waals surface area contributed by atoms with E-state index in [4.69, 9.17) is 14.2 Å². The maximum atomic E-state index is 13.4. The van der Waals surface area contributed by atoms with Crippen LogP contribution in [-0.4, -0.2) is 67.5 Å². The largest absolute Gasteiger partial charge is 0.507 e. The summed E-state index contributed by atoms with van der Waals surface area (Å²) in [7, 11) is 5.34. The van der Waals surface area contributed by atoms with Crippen molar-refractivity contribution in [2.75, 3.05) is 40.9 Å². The molecule has 0 aliphatic carbocycles. The van der Waals surface area contributed by atoms with Crippen molar-refractivity contribution < 1.29 is 28.9 Å². The van der Waals surface area contributed by atoms with Gasteiger partial charge in [0, 0.05) is 18.7 Å². The van der Waals surface area contributed by atoms with Crippen molar-refractivity contribution in [3.05, 3.63) is 95.1 Å². The first-order valence-electron chi connectivity index (χ1n) is 13.7. The van der Waals surface area contributed by atoms with Gasteiger partial charge in [-0.15, -0.1) is 0 Å². The van der Waals surface area contributed by atoms with E-state index in [1.54, 1.807) is 49.6 Å². The average molecular weight is 559 g/mol. The van der Waals surface area contributed by atoms with Crippen LogP contribution in [0.15, 0.2) is 78.4 Å². The molecule has 1 aliphatic rings. The van der Waals surface area contributed by atoms with Gasteiger partial charge in [0.1, 0.15) is 18.1 Å². The molecule has 4 rings (SSSR count). The standard InChI is InChI=1S/C33H38N2O6/c1-22(2)20-40-26-14-11-24(12-15-26)31(36)29-30(35(18-17-34(3)4)33(38)32(29)37)25-13-16-27(28(19-25)39-5)41-21-23-9-7-6-8-10-23/h6-16,19,22,30,36H,17-18,20-21H2,1-5H3. The van der Waals surface area contributed by atoms with Crippen LogP contribution < -0.4 is 14.2 Å². The Kier molecular flexibility index (Phi) is 9.68. The quantitative estimate of drug-likeness (QED) is 0.184. The van der Waals surface area contributed by atoms with E-state index < -0.39 is 17.7 Å². The summed E-state index contributed by atoms with van der Waals surface area (Å²) < 4.78 is 17.4. The van der Waals surface area contributed by atoms with Gasteiger partial charge in [-0.05, 0) is 67.5 Å². The lowest BCUT2D eigenvalue weighted by Crippen LogP contribution is -2.35. The molecule has 0 radical (unpaired) electrons. The number of hydrogen-bond donors (Lipinski definition) is 1. The predicted octanol–water partition coefficient (Wildman–Crippen LogP) is 5.29. The number of aliphatic hydroxyl groups is 1. The van der Waals surface area contributed by atoms with Crippen LogP contribution in [0.2, 0.25) is 0 Å². The second kappa shape index (κ2) is 13.4. The number of nitrogens with zero attached hydrogens (tertiary/aromatic N) is 2. The summed E-state index contributed by atoms with van der Waals surface area (Å²) in [6, 6.07) is 21.2. The Morgan fingerprint density at radius 3 is 2.29 bits per heavy atom. The minimum absolute atomic E-state index is 0.0320. The molecular formula is C33H38N2O6. The van der Waals surface area contributed by atoms with E-state index in [9.17, 15) is 14.7 Å². The number of likely N-dealkylation sites (N-methyl/N-ethyl adjacent to an activating group) is 1. The van der Waals surface area contributed by atoms with Gasteiger partial charge in [-0.25, -0.2) is 0 Å². The first-order valence-corrected chi connectivity index (χ1v) is 13.7. The molecule has 41 heavy (non-hydrogen) atoms. The monoisotopic (exact) mass is 558 g/mol. The van der Waals surface area contributed by atoms with E-state index in [0.29, 0.717) is 60.6 Å². The number of aliphatic hydroxyl groups excluding tert-OH is 1. The Balaban J connectivity index is 1.71. The molecule has 1 amide bonds. The van der Waals surface area contributed by atoms with E-state index in [1.165, 1.54) is 4.90 Å². The van der Waals surface area contributed by atoms with Crippen molar-refractivity contribution in [2.24, 2.45) is 5.92 Å². The summed E-state index contributed by atoms with van der Waals surface area (Å²) in [4.78, 5) is 30.1. The van der Waals surface area contributed by atoms with Gasteiger partial charge < -0.3 is 29.1 Å². The third-order valence-corrected chi connectivity index (χ3v) is 6.78. The number of ketones is 1. The minimum atomic E-state index is -0.802. The maximum Gasteiger partial charge on any atom is 0.295 e. The predicted molar refractivity (Wildman–Crippen MR) is 158 cm³/mol. The normalized spacial score (nSPS) is 16.5. The minimum Gasteiger partial charge on any atom is -0.507 e. The first-order chi connectivity index (χ1) is 19.7. The number of Topliss-reactive ketones (excluding diaryl/α,β-unsaturated/α-hetero) is 1. The van der Waals surface area contributed by atoms with Crippen LogP contribution in [0.4, 0.5) is 0 Å². The molecule has 0 spiro atoms. The van der Waals surface area contributed by atoms with Gasteiger partial charge in [-0.1, -0.05) is 50.2 Å². The number of ether oxygens (including phenoxy) is 3. The molecule has 1 N–H and O–H groups in total. The molecule has 1 fully saturated rings. The Bertz CT molecular complexity index is 1380. The molecule has 1 atom stereocenters. The van der Waals surface area contributed by atoms with Gasteiger partial charge in [-0.2, -0.15) is 0 Å². The van der Waals surface area contributed by atoms with Crippen LogP contribution >= 0.6 is 0 Å². The zero-order chi connectivity index (χ0) is 29.5. The number of rotatable bonds is 12. The summed E-state index contributed by atoms with van der Waals surface area (Å²) in [6.45, 7) is 5.89. The second-order valence-electron chi connectivity index (χ2n) is 10.7. The van der Waals surface area contributed by atoms with Gasteiger partial charge in [0.05, 0.1) is 25.3 Å². The molecule has 8 heteroatoms. The Labute approximate surface area is 241 Å². The SMILES string of the molecule is COc1cc(C2C(=C(O)c3ccc(OCC(C)C)cc3)C(=O)C(=O)N2CCN(C)C)ccc1OCc1ccccc1. The molecule has 216 valence electrons. The van der Waals surface area contributed by atoms with Crippen LogP contribution in [0.1, 0.15) is 36.6 Å². The Morgan fingerprint density at radius 2 is 1.66 bits per heavy atom. The topological polar surface area (TPSA) is 88.5 Å². The number of carbonyl (C=O) groups is 2. The zero-order valence-electron chi connectivity index (χ0n) is 24.3. The number of likely N-dealkylation sites (tertiary alicyclic amines) is 1. The highest BCUT2D eigenvalue weighted by atomic mass is 16.5. The highest BCUT2D eigenvalue weighted by Gasteiger charge is 2.46. The lowest BCUT2D eigenvalue weighted by molar-refractivity contribution is -0.140. The maximum absolute atomic E-state index is 13.4. The third kappa shape index (κ3) is 7.08. The van der Waals surface area contributed by atoms with Crippen LogP contribution in [0, 0.1) is 5.92 Å². The van der Waals surface area contributed by atoms with Crippen molar-refractivity contribution >= 4 is 17.4 Å². The van der Waals surface area contributed by atoms with E-state index >= 15 is 0 Å². The van der Waals surface area contributed by atoms with Gasteiger partial charge in [0.15, 0.2) is 11.5 Å². The summed E-state index contributed by atoms with van der Waals surface area (Å²) >= 11 is 0. The van der Waals surface area contributed by atoms with E-state index in [1.807, 2.05) is 49.3 Å². The molecular weight excluding hydrogens is 520 g/mol. The molecule has 0 saturated carbocycles. The summed E-state index contributed by atoms with van der Waals surface area (Å²) in [6.07, 6.45) is 0. The van der Waals surface area contributed by atoms with Crippen LogP contribution in [0.3, 0.4) is 0 Å². The summed E-state index contributed by atoms with van der Waals surface area (Å²) in [5.41, 5.74) is 2.10. The fourth-order valence-corrected chi connectivity index (χ4v) is 4.60. The van der Waals surface area contributed by atoms with Crippen molar-refractivity contribution in [2.45, 2.75) is 26.5 Å². The van der Waals surface area contributed by atoms with Crippen molar-refractivity contribution in [3.8, 4) is 17.2 Å². The molecule has 0 aromatic heterocycles. The van der Waals surface area contributed by atoms with Crippen molar-refractivity contribution in [3.63, 3.8) is 0 Å². The molecule has 0 bridgehead atoms. The molecule has 1 unspecified atom stereocenters. The molecule has 3 aromatic carbocycles. The zero-order valence-corrected chi connectivity index (χ0v) is 24.3. The first kappa shape index (κ1) is 29.7. The fourth-order valence-electron chi connectivity index (χ4n) is 4.60. The smallest absolute Gasteiger partial charge is 0.295 e. The summed E-state index contributed by atoms with van der Waals surface area (Å²) in [5, 5.41) is 11.4. The fraction of sp³-hybridized carbons (Fsp3) is 0.333. The van der Waals surface area contributed by atoms with E-state index in [2.05, 4.69) is 13.8 Å². The Morgan fingerprint density at radius 1 is 0.951 bits per heavy atom. The highest BCUT2D eigenvalue weighted by molar-refractivity contribution is 6.46. The highest BCUT2D eigenvalue weighted by Crippen LogP contribution is 2.42. The van der Waals surface area contributed by atoms with Crippen molar-refractivity contribution in [1.82, 2.24) is 9.80 Å². The van der Waals surface area contributed by atoms with Gasteiger partial charge in [0.25, 0.3) is 11.7 Å². The molecule has 1 saturated heterocycles. The van der Waals surface area contributed by atoms with Crippen LogP contribution in [0.25, 0.3) is 5.76 Å². The number of carbonyl (C=O) groups excluding carboxylic acids is 2. The summed E-state index contributed by atoms with van der Waals surface area (Å²) in [5.74, 6) is 0.404. The van der Waals surface area contributed by atoms with Crippen molar-refractivity contribution in [1.29, 1.82) is 0 Å². The second-order valence-corrected chi connectivity index (χ2v) is 10.7.